The van der Waals surface area contributed by atoms with Crippen LogP contribution < -0.4 is 10.3 Å². The summed E-state index contributed by atoms with van der Waals surface area (Å²) in [4.78, 5) is 29.6. The van der Waals surface area contributed by atoms with Crippen LogP contribution in [0, 0.1) is 5.82 Å². The minimum absolute atomic E-state index is 0.00483. The lowest BCUT2D eigenvalue weighted by Crippen LogP contribution is -2.49. The lowest BCUT2D eigenvalue weighted by Gasteiger charge is -2.34. The maximum atomic E-state index is 13.1. The summed E-state index contributed by atoms with van der Waals surface area (Å²) in [6, 6.07) is 14.0. The summed E-state index contributed by atoms with van der Waals surface area (Å²) < 4.78 is 20.8. The molecule has 1 aliphatic rings. The summed E-state index contributed by atoms with van der Waals surface area (Å²) in [5.74, 6) is 0.542. The van der Waals surface area contributed by atoms with Crippen molar-refractivity contribution in [1.29, 1.82) is 0 Å². The third-order valence-corrected chi connectivity index (χ3v) is 6.59. The van der Waals surface area contributed by atoms with E-state index in [2.05, 4.69) is 18.7 Å². The number of benzene rings is 2. The SMILES string of the molecule is CCCn1c(=O)cc(C(C)C)c2ccc(OCC(=O)N3CCN(Cc4ccc(F)cc4)CC3)cc21. The van der Waals surface area contributed by atoms with Gasteiger partial charge in [0.25, 0.3) is 11.5 Å². The van der Waals surface area contributed by atoms with Gasteiger partial charge in [0.15, 0.2) is 6.61 Å². The molecular weight excluding hydrogens is 445 g/mol. The highest BCUT2D eigenvalue weighted by Crippen LogP contribution is 2.27. The fourth-order valence-electron chi connectivity index (χ4n) is 4.65. The molecule has 0 spiro atoms. The molecule has 0 aliphatic carbocycles. The van der Waals surface area contributed by atoms with Crippen LogP contribution in [0.15, 0.2) is 53.3 Å². The minimum atomic E-state index is -0.232. The molecule has 0 N–H and O–H groups in total. The van der Waals surface area contributed by atoms with Crippen LogP contribution in [0.5, 0.6) is 5.75 Å². The predicted octanol–water partition coefficient (Wildman–Crippen LogP) is 4.40. The van der Waals surface area contributed by atoms with E-state index in [1.165, 1.54) is 12.1 Å². The fraction of sp³-hybridized carbons (Fsp3) is 0.429. The second-order valence-electron chi connectivity index (χ2n) is 9.50. The molecule has 6 nitrogen and oxygen atoms in total. The number of pyridine rings is 1. The van der Waals surface area contributed by atoms with Gasteiger partial charge in [0.1, 0.15) is 11.6 Å². The van der Waals surface area contributed by atoms with Crippen LogP contribution in [0.2, 0.25) is 0 Å². The maximum Gasteiger partial charge on any atom is 0.260 e. The minimum Gasteiger partial charge on any atom is -0.484 e. The van der Waals surface area contributed by atoms with Crippen molar-refractivity contribution in [3.63, 3.8) is 0 Å². The van der Waals surface area contributed by atoms with Crippen molar-refractivity contribution >= 4 is 16.8 Å². The van der Waals surface area contributed by atoms with E-state index >= 15 is 0 Å². The standard InChI is InChI=1S/C28H34FN3O3/c1-4-11-32-26-16-23(9-10-24(26)25(20(2)3)17-27(32)33)35-19-28(34)31-14-12-30(13-15-31)18-21-5-7-22(29)8-6-21/h5-10,16-17,20H,4,11-15,18-19H2,1-3H3. The number of rotatable bonds is 8. The number of halogens is 1. The Bertz CT molecular complexity index is 1230. The van der Waals surface area contributed by atoms with Crippen LogP contribution >= 0.6 is 0 Å². The zero-order valence-electron chi connectivity index (χ0n) is 20.8. The first-order valence-electron chi connectivity index (χ1n) is 12.4. The predicted molar refractivity (Wildman–Crippen MR) is 136 cm³/mol. The van der Waals surface area contributed by atoms with Crippen LogP contribution in [0.1, 0.15) is 44.2 Å². The van der Waals surface area contributed by atoms with Crippen LogP contribution in [0.4, 0.5) is 4.39 Å². The molecule has 0 atom stereocenters. The molecule has 7 heteroatoms. The van der Waals surface area contributed by atoms with Crippen LogP contribution in [-0.2, 0) is 17.9 Å². The quantitative estimate of drug-likeness (QED) is 0.481. The Kier molecular flexibility index (Phi) is 7.86. The summed E-state index contributed by atoms with van der Waals surface area (Å²) in [6.45, 7) is 10.4. The molecule has 1 saturated heterocycles. The van der Waals surface area contributed by atoms with Crippen molar-refractivity contribution in [3.05, 3.63) is 75.8 Å². The van der Waals surface area contributed by atoms with Crippen LogP contribution in [0.3, 0.4) is 0 Å². The number of carbonyl (C=O) groups excluding carboxylic acids is 1. The third kappa shape index (κ3) is 5.90. The molecule has 0 radical (unpaired) electrons. The largest absolute Gasteiger partial charge is 0.484 e. The first-order valence-corrected chi connectivity index (χ1v) is 12.4. The number of aromatic nitrogens is 1. The van der Waals surface area contributed by atoms with E-state index in [4.69, 9.17) is 4.74 Å². The molecule has 1 aromatic heterocycles. The highest BCUT2D eigenvalue weighted by atomic mass is 19.1. The van der Waals surface area contributed by atoms with E-state index in [0.717, 1.165) is 48.1 Å². The molecule has 0 bridgehead atoms. The highest BCUT2D eigenvalue weighted by molar-refractivity contribution is 5.84. The second-order valence-corrected chi connectivity index (χ2v) is 9.50. The Morgan fingerprint density at radius 1 is 1.03 bits per heavy atom. The zero-order chi connectivity index (χ0) is 24.9. The van der Waals surface area contributed by atoms with Gasteiger partial charge in [0, 0.05) is 56.8 Å². The van der Waals surface area contributed by atoms with Gasteiger partial charge in [-0.05, 0) is 47.7 Å². The Morgan fingerprint density at radius 3 is 2.40 bits per heavy atom. The van der Waals surface area contributed by atoms with Gasteiger partial charge in [-0.1, -0.05) is 32.9 Å². The first-order chi connectivity index (χ1) is 16.9. The molecule has 0 unspecified atom stereocenters. The van der Waals surface area contributed by atoms with Gasteiger partial charge in [0.2, 0.25) is 0 Å². The zero-order valence-corrected chi connectivity index (χ0v) is 20.8. The van der Waals surface area contributed by atoms with Crippen molar-refractivity contribution in [2.24, 2.45) is 0 Å². The molecule has 186 valence electrons. The van der Waals surface area contributed by atoms with E-state index in [1.54, 1.807) is 22.8 Å². The van der Waals surface area contributed by atoms with Gasteiger partial charge < -0.3 is 14.2 Å². The summed E-state index contributed by atoms with van der Waals surface area (Å²) in [5.41, 5.74) is 2.93. The Hall–Kier alpha value is -3.19. The Balaban J connectivity index is 1.38. The van der Waals surface area contributed by atoms with Gasteiger partial charge in [-0.15, -0.1) is 0 Å². The molecular formula is C28H34FN3O3. The Morgan fingerprint density at radius 2 is 1.74 bits per heavy atom. The lowest BCUT2D eigenvalue weighted by molar-refractivity contribution is -0.135. The molecule has 35 heavy (non-hydrogen) atoms. The number of fused-ring (bicyclic) bond motifs is 1. The number of amides is 1. The van der Waals surface area contributed by atoms with Gasteiger partial charge in [0.05, 0.1) is 5.52 Å². The number of ether oxygens (including phenoxy) is 1. The average Bonchev–Trinajstić information content (AvgIpc) is 2.85. The second kappa shape index (κ2) is 11.0. The summed E-state index contributed by atoms with van der Waals surface area (Å²) >= 11 is 0. The number of hydrogen-bond donors (Lipinski definition) is 0. The topological polar surface area (TPSA) is 54.8 Å². The number of piperazine rings is 1. The van der Waals surface area contributed by atoms with E-state index < -0.39 is 0 Å². The fourth-order valence-corrected chi connectivity index (χ4v) is 4.65. The van der Waals surface area contributed by atoms with Gasteiger partial charge in [-0.2, -0.15) is 0 Å². The number of hydrogen-bond acceptors (Lipinski definition) is 4. The van der Waals surface area contributed by atoms with Crippen LogP contribution in [0.25, 0.3) is 10.9 Å². The van der Waals surface area contributed by atoms with E-state index in [0.29, 0.717) is 25.4 Å². The van der Waals surface area contributed by atoms with Gasteiger partial charge in [-0.3, -0.25) is 14.5 Å². The van der Waals surface area contributed by atoms with Gasteiger partial charge in [-0.25, -0.2) is 4.39 Å². The molecule has 1 aliphatic heterocycles. The lowest BCUT2D eigenvalue weighted by atomic mass is 9.98. The normalized spacial score (nSPS) is 14.6. The van der Waals surface area contributed by atoms with E-state index in [9.17, 15) is 14.0 Å². The van der Waals surface area contributed by atoms with Crippen molar-refractivity contribution in [1.82, 2.24) is 14.4 Å². The number of aryl methyl sites for hydroxylation is 1. The molecule has 2 heterocycles. The van der Waals surface area contributed by atoms with E-state index in [-0.39, 0.29) is 29.8 Å². The third-order valence-electron chi connectivity index (χ3n) is 6.59. The van der Waals surface area contributed by atoms with Crippen molar-refractivity contribution in [2.75, 3.05) is 32.8 Å². The monoisotopic (exact) mass is 479 g/mol. The molecule has 1 amide bonds. The molecule has 2 aromatic carbocycles. The maximum absolute atomic E-state index is 13.1. The number of nitrogens with zero attached hydrogens (tertiary/aromatic N) is 3. The van der Waals surface area contributed by atoms with Gasteiger partial charge >= 0.3 is 0 Å². The summed E-state index contributed by atoms with van der Waals surface area (Å²) in [5, 5.41) is 1.05. The highest BCUT2D eigenvalue weighted by Gasteiger charge is 2.22. The smallest absolute Gasteiger partial charge is 0.260 e. The number of carbonyl (C=O) groups is 1. The van der Waals surface area contributed by atoms with Crippen molar-refractivity contribution in [2.45, 2.75) is 46.2 Å². The van der Waals surface area contributed by atoms with E-state index in [1.807, 2.05) is 30.0 Å². The molecule has 0 saturated carbocycles. The van der Waals surface area contributed by atoms with Crippen molar-refractivity contribution < 1.29 is 13.9 Å². The molecule has 1 fully saturated rings. The first kappa shape index (κ1) is 24.9. The summed E-state index contributed by atoms with van der Waals surface area (Å²) in [6.07, 6.45) is 0.854. The summed E-state index contributed by atoms with van der Waals surface area (Å²) in [7, 11) is 0. The molecule has 4 rings (SSSR count). The Labute approximate surface area is 205 Å². The van der Waals surface area contributed by atoms with Crippen molar-refractivity contribution in [3.8, 4) is 5.75 Å². The average molecular weight is 480 g/mol. The molecule has 3 aromatic rings. The van der Waals surface area contributed by atoms with Crippen LogP contribution in [-0.4, -0.2) is 53.1 Å².